The first kappa shape index (κ1) is 52.9. The molecule has 0 spiro atoms. The SMILES string of the molecule is C#CCOC(C)(C)CCOC(C)(C)CCC(=O)NCCOC(C)(C)CCOC(C)(C)CCC(=O)NCCOC(C)(C)CCOC(C)(C)CCC(=O)C(C)(C)C. The van der Waals surface area contributed by atoms with Crippen LogP contribution in [0.4, 0.5) is 0 Å². The molecule has 11 heteroatoms. The van der Waals surface area contributed by atoms with Gasteiger partial charge in [0.2, 0.25) is 11.8 Å². The highest BCUT2D eigenvalue weighted by atomic mass is 16.5. The zero-order valence-electron chi connectivity index (χ0n) is 37.8. The molecule has 0 rings (SSSR count). The summed E-state index contributed by atoms with van der Waals surface area (Å²) in [5.74, 6) is 2.66. The molecule has 0 bridgehead atoms. The van der Waals surface area contributed by atoms with Crippen LogP contribution in [-0.4, -0.2) is 104 Å². The summed E-state index contributed by atoms with van der Waals surface area (Å²) in [5.41, 5.74) is -2.84. The highest BCUT2D eigenvalue weighted by Crippen LogP contribution is 2.25. The molecular weight excluding hydrogens is 700 g/mol. The van der Waals surface area contributed by atoms with Crippen LogP contribution in [0.2, 0.25) is 0 Å². The Morgan fingerprint density at radius 1 is 0.436 bits per heavy atom. The van der Waals surface area contributed by atoms with Gasteiger partial charge in [-0.3, -0.25) is 14.4 Å². The van der Waals surface area contributed by atoms with Crippen molar-refractivity contribution in [2.24, 2.45) is 5.41 Å². The number of ketones is 1. The van der Waals surface area contributed by atoms with Gasteiger partial charge in [0, 0.05) is 37.8 Å². The molecule has 322 valence electrons. The largest absolute Gasteiger partial charge is 0.375 e. The molecule has 0 fully saturated rings. The quantitative estimate of drug-likeness (QED) is 0.0536. The first-order chi connectivity index (χ1) is 25.0. The van der Waals surface area contributed by atoms with E-state index < -0.39 is 22.4 Å². The molecule has 2 amide bonds. The molecule has 0 aliphatic rings. The van der Waals surface area contributed by atoms with Crippen molar-refractivity contribution in [2.75, 3.05) is 52.7 Å². The second kappa shape index (κ2) is 24.0. The van der Waals surface area contributed by atoms with Gasteiger partial charge in [-0.1, -0.05) is 26.7 Å². The van der Waals surface area contributed by atoms with Crippen LogP contribution >= 0.6 is 0 Å². The standard InChI is InChI=1S/C44H82N2O9/c1-17-29-50-42(11,12)24-30-52-40(7,8)22-19-36(48)46-28-34-55-44(15,16)26-32-53-41(9,10)23-20-37(49)45-27-33-54-43(13,14)25-31-51-39(5,6)21-18-35(47)38(2,3)4/h1H,18-34H2,2-16H3,(H,45,49)(H,46,48). The molecular formula is C44H82N2O9. The fourth-order valence-electron chi connectivity index (χ4n) is 5.22. The second-order valence-corrected chi connectivity index (χ2v) is 19.4. The van der Waals surface area contributed by atoms with Crippen LogP contribution in [0.3, 0.4) is 0 Å². The summed E-state index contributed by atoms with van der Waals surface area (Å²) in [4.78, 5) is 37.3. The molecule has 0 aromatic carbocycles. The minimum absolute atomic E-state index is 0.0371. The first-order valence-corrected chi connectivity index (χ1v) is 20.4. The fraction of sp³-hybridized carbons (Fsp3) is 0.886. The lowest BCUT2D eigenvalue weighted by molar-refractivity contribution is -0.128. The van der Waals surface area contributed by atoms with E-state index >= 15 is 0 Å². The van der Waals surface area contributed by atoms with Crippen LogP contribution in [-0.2, 0) is 42.8 Å². The number of Topliss-reactive ketones (excluding diaryl/α,β-unsaturated/α-hetero) is 1. The molecule has 11 nitrogen and oxygen atoms in total. The summed E-state index contributed by atoms with van der Waals surface area (Å²) >= 11 is 0. The summed E-state index contributed by atoms with van der Waals surface area (Å²) in [6.45, 7) is 33.3. The zero-order chi connectivity index (χ0) is 42.6. The van der Waals surface area contributed by atoms with Gasteiger partial charge in [0.05, 0.1) is 66.6 Å². The van der Waals surface area contributed by atoms with Crippen molar-refractivity contribution in [1.82, 2.24) is 10.6 Å². The van der Waals surface area contributed by atoms with E-state index in [4.69, 9.17) is 34.8 Å². The van der Waals surface area contributed by atoms with Gasteiger partial charge in [0.1, 0.15) is 12.4 Å². The number of nitrogens with one attached hydrogen (secondary N) is 2. The van der Waals surface area contributed by atoms with Crippen LogP contribution in [0.5, 0.6) is 0 Å². The maximum Gasteiger partial charge on any atom is 0.220 e. The van der Waals surface area contributed by atoms with Gasteiger partial charge in [0.25, 0.3) is 0 Å². The van der Waals surface area contributed by atoms with Gasteiger partial charge in [0.15, 0.2) is 0 Å². The molecule has 0 aliphatic carbocycles. The minimum atomic E-state index is -0.475. The third-order valence-corrected chi connectivity index (χ3v) is 9.67. The molecule has 0 aromatic rings. The van der Waals surface area contributed by atoms with E-state index in [9.17, 15) is 14.4 Å². The Labute approximate surface area is 336 Å². The highest BCUT2D eigenvalue weighted by molar-refractivity contribution is 5.83. The van der Waals surface area contributed by atoms with E-state index in [2.05, 4.69) is 16.6 Å². The predicted octanol–water partition coefficient (Wildman–Crippen LogP) is 7.75. The Balaban J connectivity index is 4.23. The lowest BCUT2D eigenvalue weighted by Crippen LogP contribution is -2.36. The summed E-state index contributed by atoms with van der Waals surface area (Å²) in [6, 6.07) is 0. The first-order valence-electron chi connectivity index (χ1n) is 20.4. The number of hydrogen-bond donors (Lipinski definition) is 2. The van der Waals surface area contributed by atoms with E-state index in [0.29, 0.717) is 104 Å². The number of terminal acetylenes is 1. The van der Waals surface area contributed by atoms with Crippen molar-refractivity contribution in [1.29, 1.82) is 0 Å². The van der Waals surface area contributed by atoms with E-state index in [-0.39, 0.29) is 40.8 Å². The maximum atomic E-state index is 12.6. The molecule has 55 heavy (non-hydrogen) atoms. The Bertz CT molecular complexity index is 1180. The number of rotatable bonds is 31. The third kappa shape index (κ3) is 28.9. The van der Waals surface area contributed by atoms with Crippen molar-refractivity contribution >= 4 is 17.6 Å². The van der Waals surface area contributed by atoms with Crippen molar-refractivity contribution in [3.05, 3.63) is 0 Å². The van der Waals surface area contributed by atoms with Gasteiger partial charge >= 0.3 is 0 Å². The van der Waals surface area contributed by atoms with E-state index in [1.54, 1.807) is 0 Å². The summed E-state index contributed by atoms with van der Waals surface area (Å²) in [5, 5.41) is 5.89. The molecule has 0 unspecified atom stereocenters. The number of amides is 2. The van der Waals surface area contributed by atoms with Crippen molar-refractivity contribution in [2.45, 2.75) is 195 Å². The Morgan fingerprint density at radius 3 is 1.05 bits per heavy atom. The topological polar surface area (TPSA) is 131 Å². The van der Waals surface area contributed by atoms with Gasteiger partial charge in [-0.25, -0.2) is 0 Å². The van der Waals surface area contributed by atoms with Gasteiger partial charge < -0.3 is 39.1 Å². The average molecular weight is 783 g/mol. The lowest BCUT2D eigenvalue weighted by Gasteiger charge is -2.30. The molecule has 0 aromatic heterocycles. The van der Waals surface area contributed by atoms with E-state index in [1.165, 1.54) is 0 Å². The van der Waals surface area contributed by atoms with Crippen molar-refractivity contribution < 1.29 is 42.8 Å². The Kier molecular flexibility index (Phi) is 23.1. The Morgan fingerprint density at radius 2 is 0.727 bits per heavy atom. The molecule has 2 N–H and O–H groups in total. The van der Waals surface area contributed by atoms with Gasteiger partial charge in [-0.05, 0) is 122 Å². The molecule has 0 atom stereocenters. The number of ether oxygens (including phenoxy) is 6. The van der Waals surface area contributed by atoms with Crippen LogP contribution in [0.25, 0.3) is 0 Å². The molecule has 0 aliphatic heterocycles. The van der Waals surface area contributed by atoms with Crippen molar-refractivity contribution in [3.8, 4) is 12.3 Å². The third-order valence-electron chi connectivity index (χ3n) is 9.67. The highest BCUT2D eigenvalue weighted by Gasteiger charge is 2.28. The normalized spacial score (nSPS) is 13.4. The predicted molar refractivity (Wildman–Crippen MR) is 221 cm³/mol. The second-order valence-electron chi connectivity index (χ2n) is 19.4. The van der Waals surface area contributed by atoms with Gasteiger partial charge in [-0.2, -0.15) is 0 Å². The monoisotopic (exact) mass is 783 g/mol. The smallest absolute Gasteiger partial charge is 0.220 e. The summed E-state index contributed by atoms with van der Waals surface area (Å²) in [6.07, 6.45) is 10.4. The molecule has 0 radical (unpaired) electrons. The zero-order valence-corrected chi connectivity index (χ0v) is 37.8. The summed E-state index contributed by atoms with van der Waals surface area (Å²) in [7, 11) is 0. The summed E-state index contributed by atoms with van der Waals surface area (Å²) < 4.78 is 36.0. The molecule has 0 saturated carbocycles. The van der Waals surface area contributed by atoms with E-state index in [0.717, 1.165) is 0 Å². The fourth-order valence-corrected chi connectivity index (χ4v) is 5.22. The molecule has 0 heterocycles. The van der Waals surface area contributed by atoms with Crippen LogP contribution < -0.4 is 10.6 Å². The number of carbonyl (C=O) groups excluding carboxylic acids is 3. The van der Waals surface area contributed by atoms with Gasteiger partial charge in [-0.15, -0.1) is 6.42 Å². The molecule has 0 saturated heterocycles. The van der Waals surface area contributed by atoms with E-state index in [1.807, 2.05) is 104 Å². The van der Waals surface area contributed by atoms with Crippen molar-refractivity contribution in [3.63, 3.8) is 0 Å². The number of hydrogen-bond acceptors (Lipinski definition) is 9. The lowest BCUT2D eigenvalue weighted by atomic mass is 9.86. The van der Waals surface area contributed by atoms with Crippen LogP contribution in [0.15, 0.2) is 0 Å². The minimum Gasteiger partial charge on any atom is -0.375 e. The Hall–Kier alpha value is -2.07. The average Bonchev–Trinajstić information content (AvgIpc) is 3.04. The number of carbonyl (C=O) groups is 3. The van der Waals surface area contributed by atoms with Crippen LogP contribution in [0, 0.1) is 17.8 Å². The maximum absolute atomic E-state index is 12.6. The van der Waals surface area contributed by atoms with Crippen LogP contribution in [0.1, 0.15) is 162 Å².